The number of rotatable bonds is 2. The highest BCUT2D eigenvalue weighted by molar-refractivity contribution is 9.10. The van der Waals surface area contributed by atoms with Crippen LogP contribution in [0, 0.1) is 0 Å². The van der Waals surface area contributed by atoms with Crippen LogP contribution in [0.3, 0.4) is 0 Å². The van der Waals surface area contributed by atoms with Crippen molar-refractivity contribution >= 4 is 39.5 Å². The van der Waals surface area contributed by atoms with Gasteiger partial charge in [0.2, 0.25) is 0 Å². The van der Waals surface area contributed by atoms with Crippen LogP contribution in [-0.2, 0) is 16.1 Å². The fourth-order valence-electron chi connectivity index (χ4n) is 3.16. The van der Waals surface area contributed by atoms with Crippen molar-refractivity contribution in [3.8, 4) is 0 Å². The minimum atomic E-state index is -0.613. The molecule has 154 valence electrons. The molecule has 1 heterocycles. The average molecular weight is 461 g/mol. The number of hydrogen-bond acceptors (Lipinski definition) is 4. The molecule has 6 nitrogen and oxygen atoms in total. The smallest absolute Gasteiger partial charge is 0.415 e. The predicted molar refractivity (Wildman–Crippen MR) is 116 cm³/mol. The van der Waals surface area contributed by atoms with E-state index in [0.717, 1.165) is 10.0 Å². The third kappa shape index (κ3) is 5.09. The third-order valence-electron chi connectivity index (χ3n) is 4.39. The van der Waals surface area contributed by atoms with E-state index in [4.69, 9.17) is 9.47 Å². The van der Waals surface area contributed by atoms with Gasteiger partial charge < -0.3 is 9.47 Å². The SMILES string of the molecule is C[C@@H]1CN(C(=O)OC(C)(C)C)c2cc(Br)ccc2N1C(=O)OCc1ccccc1. The van der Waals surface area contributed by atoms with Crippen molar-refractivity contribution in [2.45, 2.75) is 45.9 Å². The second-order valence-electron chi connectivity index (χ2n) is 7.98. The lowest BCUT2D eigenvalue weighted by atomic mass is 10.1. The summed E-state index contributed by atoms with van der Waals surface area (Å²) in [5.41, 5.74) is 1.51. The molecule has 0 bridgehead atoms. The van der Waals surface area contributed by atoms with Crippen molar-refractivity contribution in [2.24, 2.45) is 0 Å². The summed E-state index contributed by atoms with van der Waals surface area (Å²) in [4.78, 5) is 28.8. The monoisotopic (exact) mass is 460 g/mol. The summed E-state index contributed by atoms with van der Waals surface area (Å²) in [6.07, 6.45) is -0.894. The van der Waals surface area contributed by atoms with E-state index < -0.39 is 17.8 Å². The topological polar surface area (TPSA) is 59.1 Å². The number of fused-ring (bicyclic) bond motifs is 1. The zero-order valence-corrected chi connectivity index (χ0v) is 18.6. The molecule has 0 N–H and O–H groups in total. The lowest BCUT2D eigenvalue weighted by Gasteiger charge is -2.40. The molecule has 0 radical (unpaired) electrons. The van der Waals surface area contributed by atoms with E-state index in [9.17, 15) is 9.59 Å². The van der Waals surface area contributed by atoms with E-state index in [2.05, 4.69) is 15.9 Å². The van der Waals surface area contributed by atoms with Gasteiger partial charge in [-0.05, 0) is 51.5 Å². The van der Waals surface area contributed by atoms with Gasteiger partial charge >= 0.3 is 12.2 Å². The molecule has 0 saturated heterocycles. The maximum absolute atomic E-state index is 12.9. The number of carbonyl (C=O) groups is 2. The van der Waals surface area contributed by atoms with Crippen LogP contribution in [0.1, 0.15) is 33.3 Å². The summed E-state index contributed by atoms with van der Waals surface area (Å²) in [5.74, 6) is 0. The summed E-state index contributed by atoms with van der Waals surface area (Å²) in [7, 11) is 0. The molecule has 2 aromatic carbocycles. The number of hydrogen-bond donors (Lipinski definition) is 0. The molecule has 29 heavy (non-hydrogen) atoms. The molecule has 0 spiro atoms. The Morgan fingerprint density at radius 3 is 2.41 bits per heavy atom. The molecule has 1 atom stereocenters. The number of benzene rings is 2. The maximum Gasteiger partial charge on any atom is 0.415 e. The van der Waals surface area contributed by atoms with E-state index in [1.165, 1.54) is 0 Å². The Morgan fingerprint density at radius 2 is 1.76 bits per heavy atom. The summed E-state index contributed by atoms with van der Waals surface area (Å²) in [6.45, 7) is 7.85. The molecular weight excluding hydrogens is 436 g/mol. The van der Waals surface area contributed by atoms with E-state index in [1.54, 1.807) is 15.9 Å². The molecule has 0 aliphatic carbocycles. The Morgan fingerprint density at radius 1 is 1.07 bits per heavy atom. The molecule has 0 unspecified atom stereocenters. The molecule has 2 amide bonds. The highest BCUT2D eigenvalue weighted by Gasteiger charge is 2.37. The van der Waals surface area contributed by atoms with Crippen molar-refractivity contribution < 1.29 is 19.1 Å². The van der Waals surface area contributed by atoms with Crippen LogP contribution in [0.25, 0.3) is 0 Å². The van der Waals surface area contributed by atoms with Crippen molar-refractivity contribution in [1.29, 1.82) is 0 Å². The molecule has 3 rings (SSSR count). The Hall–Kier alpha value is -2.54. The Balaban J connectivity index is 1.86. The van der Waals surface area contributed by atoms with E-state index in [0.29, 0.717) is 17.9 Å². The summed E-state index contributed by atoms with van der Waals surface area (Å²) < 4.78 is 11.9. The average Bonchev–Trinajstić information content (AvgIpc) is 2.65. The molecule has 0 fully saturated rings. The predicted octanol–water partition coefficient (Wildman–Crippen LogP) is 5.74. The van der Waals surface area contributed by atoms with E-state index in [1.807, 2.05) is 70.2 Å². The summed E-state index contributed by atoms with van der Waals surface area (Å²) >= 11 is 3.45. The zero-order valence-electron chi connectivity index (χ0n) is 17.0. The second kappa shape index (κ2) is 8.45. The Labute approximate surface area is 179 Å². The molecule has 2 aromatic rings. The fraction of sp³-hybridized carbons (Fsp3) is 0.364. The quantitative estimate of drug-likeness (QED) is 0.573. The van der Waals surface area contributed by atoms with Crippen LogP contribution in [0.4, 0.5) is 21.0 Å². The molecule has 1 aliphatic rings. The number of anilines is 2. The number of ether oxygens (including phenoxy) is 2. The first kappa shape index (κ1) is 21.2. The van der Waals surface area contributed by atoms with Gasteiger partial charge in [-0.3, -0.25) is 9.80 Å². The van der Waals surface area contributed by atoms with Crippen LogP contribution in [0.15, 0.2) is 53.0 Å². The largest absolute Gasteiger partial charge is 0.444 e. The molecular formula is C22H25BrN2O4. The minimum Gasteiger partial charge on any atom is -0.444 e. The maximum atomic E-state index is 12.9. The van der Waals surface area contributed by atoms with Crippen LogP contribution in [0.5, 0.6) is 0 Å². The fourth-order valence-corrected chi connectivity index (χ4v) is 3.50. The first-order chi connectivity index (χ1) is 13.7. The van der Waals surface area contributed by atoms with Gasteiger partial charge in [-0.2, -0.15) is 0 Å². The second-order valence-corrected chi connectivity index (χ2v) is 8.90. The lowest BCUT2D eigenvalue weighted by molar-refractivity contribution is 0.0575. The third-order valence-corrected chi connectivity index (χ3v) is 4.88. The highest BCUT2D eigenvalue weighted by Crippen LogP contribution is 2.38. The molecule has 7 heteroatoms. The minimum absolute atomic E-state index is 0.185. The summed E-state index contributed by atoms with van der Waals surface area (Å²) in [6, 6.07) is 14.7. The Kier molecular flexibility index (Phi) is 6.17. The van der Waals surface area contributed by atoms with Gasteiger partial charge in [0.1, 0.15) is 12.2 Å². The zero-order chi connectivity index (χ0) is 21.2. The molecule has 0 aromatic heterocycles. The first-order valence-corrected chi connectivity index (χ1v) is 10.2. The normalized spacial score (nSPS) is 16.2. The van der Waals surface area contributed by atoms with Crippen molar-refractivity contribution in [3.05, 3.63) is 58.6 Å². The lowest BCUT2D eigenvalue weighted by Crippen LogP contribution is -2.53. The van der Waals surface area contributed by atoms with Gasteiger partial charge in [0, 0.05) is 4.47 Å². The van der Waals surface area contributed by atoms with Crippen LogP contribution in [-0.4, -0.2) is 30.4 Å². The van der Waals surface area contributed by atoms with Crippen LogP contribution >= 0.6 is 15.9 Å². The molecule has 0 saturated carbocycles. The van der Waals surface area contributed by atoms with Gasteiger partial charge in [0.25, 0.3) is 0 Å². The van der Waals surface area contributed by atoms with Gasteiger partial charge in [-0.25, -0.2) is 9.59 Å². The number of halogens is 1. The van der Waals surface area contributed by atoms with Gasteiger partial charge in [-0.1, -0.05) is 46.3 Å². The van der Waals surface area contributed by atoms with Crippen molar-refractivity contribution in [2.75, 3.05) is 16.3 Å². The summed E-state index contributed by atoms with van der Waals surface area (Å²) in [5, 5.41) is 0. The Bertz CT molecular complexity index is 895. The number of nitrogens with zero attached hydrogens (tertiary/aromatic N) is 2. The van der Waals surface area contributed by atoms with Gasteiger partial charge in [0.15, 0.2) is 0 Å². The van der Waals surface area contributed by atoms with Crippen molar-refractivity contribution in [3.63, 3.8) is 0 Å². The highest BCUT2D eigenvalue weighted by atomic mass is 79.9. The van der Waals surface area contributed by atoms with Gasteiger partial charge in [0.05, 0.1) is 24.0 Å². The first-order valence-electron chi connectivity index (χ1n) is 9.46. The van der Waals surface area contributed by atoms with E-state index >= 15 is 0 Å². The molecule has 1 aliphatic heterocycles. The van der Waals surface area contributed by atoms with Gasteiger partial charge in [-0.15, -0.1) is 0 Å². The van der Waals surface area contributed by atoms with Crippen LogP contribution in [0.2, 0.25) is 0 Å². The van der Waals surface area contributed by atoms with Crippen LogP contribution < -0.4 is 9.80 Å². The van der Waals surface area contributed by atoms with Crippen molar-refractivity contribution in [1.82, 2.24) is 0 Å². The van der Waals surface area contributed by atoms with E-state index in [-0.39, 0.29) is 12.6 Å². The number of carbonyl (C=O) groups excluding carboxylic acids is 2. The number of amides is 2. The standard InChI is InChI=1S/C22H25BrN2O4/c1-15-13-24(20(26)29-22(2,3)4)19-12-17(23)10-11-18(19)25(15)21(27)28-14-16-8-6-5-7-9-16/h5-12,15H,13-14H2,1-4H3/t15-/m1/s1.